The van der Waals surface area contributed by atoms with Crippen LogP contribution in [0.2, 0.25) is 0 Å². The van der Waals surface area contributed by atoms with E-state index in [1.807, 2.05) is 0 Å². The zero-order valence-corrected chi connectivity index (χ0v) is 14.3. The Hall–Kier alpha value is -0.610. The summed E-state index contributed by atoms with van der Waals surface area (Å²) in [7, 11) is 0. The molecule has 2 atom stereocenters. The van der Waals surface area contributed by atoms with E-state index in [1.165, 1.54) is 19.3 Å². The Balaban J connectivity index is 1.91. The van der Waals surface area contributed by atoms with Crippen molar-refractivity contribution in [2.24, 2.45) is 11.3 Å². The number of nitrogens with one attached hydrogen (secondary N) is 1. The second-order valence-electron chi connectivity index (χ2n) is 7.35. The fourth-order valence-corrected chi connectivity index (χ4v) is 3.67. The smallest absolute Gasteiger partial charge is 0.228 e. The second kappa shape index (κ2) is 7.10. The quantitative estimate of drug-likeness (QED) is 0.861. The van der Waals surface area contributed by atoms with Crippen LogP contribution in [0.3, 0.4) is 0 Å². The molecule has 0 aromatic carbocycles. The van der Waals surface area contributed by atoms with Crippen molar-refractivity contribution in [2.45, 2.75) is 53.0 Å². The number of hydrogen-bond donors (Lipinski definition) is 1. The van der Waals surface area contributed by atoms with E-state index in [0.29, 0.717) is 17.9 Å². The maximum absolute atomic E-state index is 12.9. The van der Waals surface area contributed by atoms with E-state index in [9.17, 15) is 4.79 Å². The third-order valence-electron chi connectivity index (χ3n) is 5.68. The summed E-state index contributed by atoms with van der Waals surface area (Å²) in [6.07, 6.45) is 3.56. The first-order valence-electron chi connectivity index (χ1n) is 8.71. The van der Waals surface area contributed by atoms with Crippen molar-refractivity contribution in [3.8, 4) is 0 Å². The second-order valence-corrected chi connectivity index (χ2v) is 7.35. The Labute approximate surface area is 130 Å². The molecule has 0 radical (unpaired) electrons. The lowest BCUT2D eigenvalue weighted by Gasteiger charge is -2.43. The molecule has 0 aliphatic carbocycles. The molecule has 4 nitrogen and oxygen atoms in total. The first kappa shape index (κ1) is 16.8. The molecule has 122 valence electrons. The lowest BCUT2D eigenvalue weighted by molar-refractivity contribution is -0.146. The zero-order valence-electron chi connectivity index (χ0n) is 14.3. The van der Waals surface area contributed by atoms with Crippen LogP contribution in [0.1, 0.15) is 47.0 Å². The van der Waals surface area contributed by atoms with E-state index in [1.54, 1.807) is 0 Å². The van der Waals surface area contributed by atoms with Gasteiger partial charge in [0.15, 0.2) is 0 Å². The first-order chi connectivity index (χ1) is 9.96. The third-order valence-corrected chi connectivity index (χ3v) is 5.68. The Morgan fingerprint density at radius 3 is 2.48 bits per heavy atom. The predicted octanol–water partition coefficient (Wildman–Crippen LogP) is 1.95. The van der Waals surface area contributed by atoms with Gasteiger partial charge in [-0.15, -0.1) is 0 Å². The van der Waals surface area contributed by atoms with E-state index in [0.717, 1.165) is 39.3 Å². The average molecular weight is 295 g/mol. The molecule has 2 saturated heterocycles. The minimum absolute atomic E-state index is 0.230. The lowest BCUT2D eigenvalue weighted by atomic mass is 9.74. The molecule has 0 aromatic rings. The maximum atomic E-state index is 12.9. The molecule has 0 spiro atoms. The highest BCUT2D eigenvalue weighted by atomic mass is 16.2. The minimum Gasteiger partial charge on any atom is -0.340 e. The van der Waals surface area contributed by atoms with Crippen molar-refractivity contribution in [1.29, 1.82) is 0 Å². The van der Waals surface area contributed by atoms with Crippen LogP contribution in [0, 0.1) is 11.3 Å². The van der Waals surface area contributed by atoms with Crippen molar-refractivity contribution in [3.05, 3.63) is 0 Å². The number of piperazine rings is 1. The molecule has 2 heterocycles. The number of carbonyl (C=O) groups excluding carboxylic acids is 1. The number of carbonyl (C=O) groups is 1. The van der Waals surface area contributed by atoms with Gasteiger partial charge < -0.3 is 10.2 Å². The van der Waals surface area contributed by atoms with Crippen LogP contribution >= 0.6 is 0 Å². The lowest BCUT2D eigenvalue weighted by Crippen LogP contribution is -2.56. The van der Waals surface area contributed by atoms with Crippen LogP contribution in [0.15, 0.2) is 0 Å². The molecule has 21 heavy (non-hydrogen) atoms. The zero-order chi connectivity index (χ0) is 15.5. The van der Waals surface area contributed by atoms with E-state index in [-0.39, 0.29) is 5.41 Å². The van der Waals surface area contributed by atoms with Gasteiger partial charge in [-0.2, -0.15) is 0 Å². The molecule has 1 amide bonds. The fourth-order valence-electron chi connectivity index (χ4n) is 3.67. The first-order valence-corrected chi connectivity index (χ1v) is 8.71. The molecular formula is C17H33N3O. The van der Waals surface area contributed by atoms with E-state index >= 15 is 0 Å². The summed E-state index contributed by atoms with van der Waals surface area (Å²) < 4.78 is 0. The molecule has 0 saturated carbocycles. The summed E-state index contributed by atoms with van der Waals surface area (Å²) in [5.41, 5.74) is -0.230. The number of hydrogen-bond acceptors (Lipinski definition) is 3. The third kappa shape index (κ3) is 3.78. The normalized spacial score (nSPS) is 26.7. The van der Waals surface area contributed by atoms with Crippen LogP contribution < -0.4 is 5.32 Å². The van der Waals surface area contributed by atoms with Gasteiger partial charge in [0.1, 0.15) is 0 Å². The molecule has 4 heteroatoms. The SMILES string of the molecule is CCC(C)N1CCN(C(=O)C(C)(C)C2CCCNC2)CC1. The van der Waals surface area contributed by atoms with Crippen LogP contribution in [0.5, 0.6) is 0 Å². The molecule has 2 rings (SSSR count). The van der Waals surface area contributed by atoms with Crippen molar-refractivity contribution in [3.63, 3.8) is 0 Å². The van der Waals surface area contributed by atoms with Gasteiger partial charge in [-0.3, -0.25) is 9.69 Å². The van der Waals surface area contributed by atoms with Gasteiger partial charge in [-0.25, -0.2) is 0 Å². The Morgan fingerprint density at radius 1 is 1.29 bits per heavy atom. The summed E-state index contributed by atoms with van der Waals surface area (Å²) in [5.74, 6) is 0.839. The summed E-state index contributed by atoms with van der Waals surface area (Å²) >= 11 is 0. The number of rotatable bonds is 4. The van der Waals surface area contributed by atoms with E-state index < -0.39 is 0 Å². The highest BCUT2D eigenvalue weighted by molar-refractivity contribution is 5.82. The van der Waals surface area contributed by atoms with Gasteiger partial charge in [-0.1, -0.05) is 20.8 Å². The Bertz CT molecular complexity index is 342. The molecule has 2 aliphatic rings. The van der Waals surface area contributed by atoms with Crippen molar-refractivity contribution in [1.82, 2.24) is 15.1 Å². The van der Waals surface area contributed by atoms with Gasteiger partial charge in [0, 0.05) is 37.6 Å². The molecule has 0 aromatic heterocycles. The fraction of sp³-hybridized carbons (Fsp3) is 0.941. The van der Waals surface area contributed by atoms with Gasteiger partial charge >= 0.3 is 0 Å². The highest BCUT2D eigenvalue weighted by Gasteiger charge is 2.40. The van der Waals surface area contributed by atoms with Gasteiger partial charge in [-0.05, 0) is 45.2 Å². The van der Waals surface area contributed by atoms with Gasteiger partial charge in [0.25, 0.3) is 0 Å². The highest BCUT2D eigenvalue weighted by Crippen LogP contribution is 2.34. The Morgan fingerprint density at radius 2 is 1.95 bits per heavy atom. The molecule has 2 aliphatic heterocycles. The molecule has 2 unspecified atom stereocenters. The largest absolute Gasteiger partial charge is 0.340 e. The minimum atomic E-state index is -0.230. The van der Waals surface area contributed by atoms with Crippen LogP contribution in [-0.4, -0.2) is 61.0 Å². The summed E-state index contributed by atoms with van der Waals surface area (Å²) in [6.45, 7) is 14.8. The monoisotopic (exact) mass is 295 g/mol. The van der Waals surface area contributed by atoms with Crippen LogP contribution in [0.25, 0.3) is 0 Å². The summed E-state index contributed by atoms with van der Waals surface area (Å²) in [5, 5.41) is 3.45. The standard InChI is InChI=1S/C17H33N3O/c1-5-14(2)19-9-11-20(12-10-19)16(21)17(3,4)15-7-6-8-18-13-15/h14-15,18H,5-13H2,1-4H3. The maximum Gasteiger partial charge on any atom is 0.228 e. The average Bonchev–Trinajstić information content (AvgIpc) is 2.54. The summed E-state index contributed by atoms with van der Waals surface area (Å²) in [6, 6.07) is 0.637. The topological polar surface area (TPSA) is 35.6 Å². The molecule has 2 fully saturated rings. The molecule has 1 N–H and O–H groups in total. The molecular weight excluding hydrogens is 262 g/mol. The van der Waals surface area contributed by atoms with Gasteiger partial charge in [0.05, 0.1) is 0 Å². The Kier molecular flexibility index (Phi) is 5.67. The van der Waals surface area contributed by atoms with Crippen molar-refractivity contribution >= 4 is 5.91 Å². The van der Waals surface area contributed by atoms with Crippen molar-refractivity contribution in [2.75, 3.05) is 39.3 Å². The number of amides is 1. The van der Waals surface area contributed by atoms with Crippen LogP contribution in [0.4, 0.5) is 0 Å². The number of nitrogens with zero attached hydrogens (tertiary/aromatic N) is 2. The van der Waals surface area contributed by atoms with E-state index in [2.05, 4.69) is 42.8 Å². The van der Waals surface area contributed by atoms with Crippen molar-refractivity contribution < 1.29 is 4.79 Å². The van der Waals surface area contributed by atoms with E-state index in [4.69, 9.17) is 0 Å². The van der Waals surface area contributed by atoms with Crippen LogP contribution in [-0.2, 0) is 4.79 Å². The molecule has 0 bridgehead atoms. The number of piperidine rings is 1. The predicted molar refractivity (Wildman–Crippen MR) is 87.3 cm³/mol. The summed E-state index contributed by atoms with van der Waals surface area (Å²) in [4.78, 5) is 17.6. The van der Waals surface area contributed by atoms with Gasteiger partial charge in [0.2, 0.25) is 5.91 Å².